The number of aromatic nitrogens is 1. The SMILES string of the molecule is COc1ccc(COCC(O)CNC(=O)Cc2c[nH]c3ccccc23)cc1. The van der Waals surface area contributed by atoms with Gasteiger partial charge >= 0.3 is 0 Å². The molecule has 3 N–H and O–H groups in total. The zero-order valence-corrected chi connectivity index (χ0v) is 15.3. The van der Waals surface area contributed by atoms with Crippen LogP contribution in [0.3, 0.4) is 0 Å². The lowest BCUT2D eigenvalue weighted by Gasteiger charge is -2.12. The first-order valence-electron chi connectivity index (χ1n) is 8.86. The van der Waals surface area contributed by atoms with Crippen molar-refractivity contribution in [1.29, 1.82) is 0 Å². The van der Waals surface area contributed by atoms with Crippen molar-refractivity contribution < 1.29 is 19.4 Å². The first kappa shape index (κ1) is 18.9. The smallest absolute Gasteiger partial charge is 0.224 e. The third-order valence-corrected chi connectivity index (χ3v) is 4.30. The molecule has 0 spiro atoms. The predicted octanol–water partition coefficient (Wildman–Crippen LogP) is 2.41. The number of ether oxygens (including phenoxy) is 2. The highest BCUT2D eigenvalue weighted by atomic mass is 16.5. The lowest BCUT2D eigenvalue weighted by molar-refractivity contribution is -0.121. The van der Waals surface area contributed by atoms with E-state index in [1.165, 1.54) is 0 Å². The number of aliphatic hydroxyl groups excluding tert-OH is 1. The Kier molecular flexibility index (Phi) is 6.46. The Morgan fingerprint density at radius 3 is 2.74 bits per heavy atom. The molecule has 1 amide bonds. The van der Waals surface area contributed by atoms with Crippen molar-refractivity contribution in [3.8, 4) is 5.75 Å². The molecule has 1 atom stereocenters. The fourth-order valence-electron chi connectivity index (χ4n) is 2.84. The van der Waals surface area contributed by atoms with E-state index in [0.29, 0.717) is 6.61 Å². The van der Waals surface area contributed by atoms with Crippen LogP contribution in [0.4, 0.5) is 0 Å². The Balaban J connectivity index is 1.38. The maximum Gasteiger partial charge on any atom is 0.224 e. The van der Waals surface area contributed by atoms with E-state index in [9.17, 15) is 9.90 Å². The number of amides is 1. The number of carbonyl (C=O) groups is 1. The summed E-state index contributed by atoms with van der Waals surface area (Å²) in [4.78, 5) is 15.3. The summed E-state index contributed by atoms with van der Waals surface area (Å²) in [6.45, 7) is 0.702. The van der Waals surface area contributed by atoms with Crippen LogP contribution in [-0.4, -0.2) is 42.4 Å². The van der Waals surface area contributed by atoms with Crippen LogP contribution in [0, 0.1) is 0 Å². The van der Waals surface area contributed by atoms with Crippen LogP contribution in [0.2, 0.25) is 0 Å². The minimum Gasteiger partial charge on any atom is -0.497 e. The number of hydrogen-bond donors (Lipinski definition) is 3. The molecule has 3 rings (SSSR count). The maximum atomic E-state index is 12.1. The van der Waals surface area contributed by atoms with Crippen molar-refractivity contribution in [2.24, 2.45) is 0 Å². The fraction of sp³-hybridized carbons (Fsp3) is 0.286. The number of carbonyl (C=O) groups excluding carboxylic acids is 1. The molecule has 0 aliphatic carbocycles. The van der Waals surface area contributed by atoms with Gasteiger partial charge < -0.3 is 24.9 Å². The zero-order chi connectivity index (χ0) is 19.1. The topological polar surface area (TPSA) is 83.6 Å². The lowest BCUT2D eigenvalue weighted by atomic mass is 10.1. The van der Waals surface area contributed by atoms with E-state index in [2.05, 4.69) is 10.3 Å². The van der Waals surface area contributed by atoms with Gasteiger partial charge in [-0.05, 0) is 29.3 Å². The molecule has 27 heavy (non-hydrogen) atoms. The maximum absolute atomic E-state index is 12.1. The van der Waals surface area contributed by atoms with Crippen molar-refractivity contribution >= 4 is 16.8 Å². The second kappa shape index (κ2) is 9.21. The quantitative estimate of drug-likeness (QED) is 0.542. The highest BCUT2D eigenvalue weighted by molar-refractivity contribution is 5.88. The summed E-state index contributed by atoms with van der Waals surface area (Å²) < 4.78 is 10.6. The number of fused-ring (bicyclic) bond motifs is 1. The molecule has 6 nitrogen and oxygen atoms in total. The van der Waals surface area contributed by atoms with Gasteiger partial charge in [-0.1, -0.05) is 30.3 Å². The fourth-order valence-corrected chi connectivity index (χ4v) is 2.84. The molecule has 0 saturated heterocycles. The third-order valence-electron chi connectivity index (χ3n) is 4.30. The highest BCUT2D eigenvalue weighted by Gasteiger charge is 2.11. The van der Waals surface area contributed by atoms with Crippen LogP contribution in [-0.2, 0) is 22.6 Å². The van der Waals surface area contributed by atoms with Crippen molar-refractivity contribution in [2.75, 3.05) is 20.3 Å². The van der Waals surface area contributed by atoms with Crippen LogP contribution in [0.25, 0.3) is 10.9 Å². The number of para-hydroxylation sites is 1. The molecule has 2 aromatic carbocycles. The van der Waals surface area contributed by atoms with Gasteiger partial charge in [-0.3, -0.25) is 4.79 Å². The number of H-pyrrole nitrogens is 1. The Labute approximate surface area is 158 Å². The summed E-state index contributed by atoms with van der Waals surface area (Å²) in [5.41, 5.74) is 2.94. The molecule has 3 aromatic rings. The van der Waals surface area contributed by atoms with E-state index in [1.54, 1.807) is 7.11 Å². The van der Waals surface area contributed by atoms with E-state index in [-0.39, 0.29) is 25.5 Å². The number of nitrogens with one attached hydrogen (secondary N) is 2. The molecule has 0 saturated carbocycles. The van der Waals surface area contributed by atoms with Gasteiger partial charge in [0.05, 0.1) is 32.8 Å². The summed E-state index contributed by atoms with van der Waals surface area (Å²) in [5.74, 6) is 0.658. The average molecular weight is 368 g/mol. The van der Waals surface area contributed by atoms with E-state index in [4.69, 9.17) is 9.47 Å². The van der Waals surface area contributed by atoms with Crippen LogP contribution >= 0.6 is 0 Å². The summed E-state index contributed by atoms with van der Waals surface area (Å²) >= 11 is 0. The largest absolute Gasteiger partial charge is 0.497 e. The van der Waals surface area contributed by atoms with Crippen molar-refractivity contribution in [2.45, 2.75) is 19.1 Å². The Hall–Kier alpha value is -2.83. The van der Waals surface area contributed by atoms with E-state index in [0.717, 1.165) is 27.8 Å². The molecule has 0 aliphatic rings. The van der Waals surface area contributed by atoms with Gasteiger partial charge in [-0.25, -0.2) is 0 Å². The normalized spacial score (nSPS) is 12.1. The van der Waals surface area contributed by atoms with Crippen molar-refractivity contribution in [3.63, 3.8) is 0 Å². The Bertz CT molecular complexity index is 873. The molecule has 1 aromatic heterocycles. The minimum atomic E-state index is -0.754. The number of rotatable bonds is 9. The van der Waals surface area contributed by atoms with Gasteiger partial charge in [-0.15, -0.1) is 0 Å². The Morgan fingerprint density at radius 2 is 1.96 bits per heavy atom. The molecule has 142 valence electrons. The summed E-state index contributed by atoms with van der Waals surface area (Å²) in [6.07, 6.45) is 1.36. The molecular weight excluding hydrogens is 344 g/mol. The van der Waals surface area contributed by atoms with Crippen molar-refractivity contribution in [1.82, 2.24) is 10.3 Å². The van der Waals surface area contributed by atoms with Crippen LogP contribution in [0.15, 0.2) is 54.7 Å². The molecule has 0 radical (unpaired) electrons. The van der Waals surface area contributed by atoms with E-state index >= 15 is 0 Å². The second-order valence-corrected chi connectivity index (χ2v) is 6.36. The van der Waals surface area contributed by atoms with Crippen molar-refractivity contribution in [3.05, 3.63) is 65.9 Å². The van der Waals surface area contributed by atoms with Gasteiger partial charge in [0.25, 0.3) is 0 Å². The lowest BCUT2D eigenvalue weighted by Crippen LogP contribution is -2.35. The Morgan fingerprint density at radius 1 is 1.19 bits per heavy atom. The van der Waals surface area contributed by atoms with Gasteiger partial charge in [-0.2, -0.15) is 0 Å². The second-order valence-electron chi connectivity index (χ2n) is 6.36. The average Bonchev–Trinajstić information content (AvgIpc) is 3.10. The molecule has 1 unspecified atom stereocenters. The first-order valence-corrected chi connectivity index (χ1v) is 8.86. The predicted molar refractivity (Wildman–Crippen MR) is 104 cm³/mol. The van der Waals surface area contributed by atoms with Gasteiger partial charge in [0.2, 0.25) is 5.91 Å². The summed E-state index contributed by atoms with van der Waals surface area (Å²) in [7, 11) is 1.62. The third kappa shape index (κ3) is 5.32. The minimum absolute atomic E-state index is 0.131. The molecule has 0 fully saturated rings. The monoisotopic (exact) mass is 368 g/mol. The van der Waals surface area contributed by atoms with Gasteiger partial charge in [0.15, 0.2) is 0 Å². The number of benzene rings is 2. The van der Waals surface area contributed by atoms with Gasteiger partial charge in [0, 0.05) is 23.6 Å². The summed E-state index contributed by atoms with van der Waals surface area (Å²) in [6, 6.07) is 15.4. The van der Waals surface area contributed by atoms with Crippen LogP contribution in [0.5, 0.6) is 5.75 Å². The van der Waals surface area contributed by atoms with Crippen LogP contribution in [0.1, 0.15) is 11.1 Å². The van der Waals surface area contributed by atoms with Gasteiger partial charge in [0.1, 0.15) is 5.75 Å². The first-order chi connectivity index (χ1) is 13.2. The number of aliphatic hydroxyl groups is 1. The molecule has 0 aliphatic heterocycles. The molecular formula is C21H24N2O4. The molecule has 0 bridgehead atoms. The number of hydrogen-bond acceptors (Lipinski definition) is 4. The molecule has 6 heteroatoms. The standard InChI is InChI=1S/C21H24N2O4/c1-26-18-8-6-15(7-9-18)13-27-14-17(24)12-23-21(25)10-16-11-22-20-5-3-2-4-19(16)20/h2-9,11,17,22,24H,10,12-14H2,1H3,(H,23,25). The number of aromatic amines is 1. The summed E-state index contributed by atoms with van der Waals surface area (Å²) in [5, 5.41) is 13.8. The zero-order valence-electron chi connectivity index (χ0n) is 15.3. The molecule has 1 heterocycles. The van der Waals surface area contributed by atoms with E-state index < -0.39 is 6.10 Å². The number of methoxy groups -OCH3 is 1. The highest BCUT2D eigenvalue weighted by Crippen LogP contribution is 2.18. The van der Waals surface area contributed by atoms with E-state index in [1.807, 2.05) is 54.7 Å². The van der Waals surface area contributed by atoms with Crippen LogP contribution < -0.4 is 10.1 Å².